The molecule has 0 radical (unpaired) electrons. The number of nitrogens with zero attached hydrogens (tertiary/aromatic N) is 3. The summed E-state index contributed by atoms with van der Waals surface area (Å²) in [5.74, 6) is 0.764. The molecule has 0 saturated heterocycles. The third-order valence-corrected chi connectivity index (χ3v) is 8.05. The van der Waals surface area contributed by atoms with E-state index in [1.54, 1.807) is 23.4 Å². The Kier molecular flexibility index (Phi) is 8.61. The highest BCUT2D eigenvalue weighted by Gasteiger charge is 2.37. The fourth-order valence-electron chi connectivity index (χ4n) is 6.18. The molecule has 0 aliphatic carbocycles. The average molecular weight is 568 g/mol. The van der Waals surface area contributed by atoms with Gasteiger partial charge in [-0.25, -0.2) is 4.99 Å². The molecule has 220 valence electrons. The lowest BCUT2D eigenvalue weighted by molar-refractivity contribution is -0.129. The topological polar surface area (TPSA) is 110 Å². The number of carbonyl (C=O) groups is 2. The van der Waals surface area contributed by atoms with Gasteiger partial charge in [-0.05, 0) is 74.1 Å². The van der Waals surface area contributed by atoms with Crippen LogP contribution in [0.2, 0.25) is 0 Å². The van der Waals surface area contributed by atoms with Crippen molar-refractivity contribution in [1.29, 1.82) is 0 Å². The normalized spacial score (nSPS) is 23.3. The second-order valence-electron chi connectivity index (χ2n) is 11.6. The summed E-state index contributed by atoms with van der Waals surface area (Å²) in [5, 5.41) is 3.28. The second kappa shape index (κ2) is 12.3. The van der Waals surface area contributed by atoms with E-state index < -0.39 is 11.6 Å². The number of hydrogen-bond donors (Lipinski definition) is 2. The van der Waals surface area contributed by atoms with Crippen molar-refractivity contribution < 1.29 is 14.3 Å². The highest BCUT2D eigenvalue weighted by molar-refractivity contribution is 5.99. The zero-order chi connectivity index (χ0) is 29.9. The molecular formula is C34H41N5O3. The Bertz CT molecular complexity index is 1470. The van der Waals surface area contributed by atoms with E-state index in [0.29, 0.717) is 18.4 Å². The number of nitrogens with two attached hydrogens (primary N) is 1. The predicted molar refractivity (Wildman–Crippen MR) is 164 cm³/mol. The minimum absolute atomic E-state index is 0.0769. The number of ether oxygens (including phenoxy) is 1. The molecule has 0 spiro atoms. The van der Waals surface area contributed by atoms with Gasteiger partial charge in [-0.3, -0.25) is 19.5 Å². The fourth-order valence-corrected chi connectivity index (χ4v) is 6.18. The molecule has 8 nitrogen and oxygen atoms in total. The van der Waals surface area contributed by atoms with Crippen molar-refractivity contribution in [3.05, 3.63) is 94.8 Å². The minimum Gasteiger partial charge on any atom is -0.487 e. The van der Waals surface area contributed by atoms with Crippen molar-refractivity contribution in [3.63, 3.8) is 0 Å². The summed E-state index contributed by atoms with van der Waals surface area (Å²) in [6.45, 7) is 8.10. The van der Waals surface area contributed by atoms with Crippen molar-refractivity contribution in [3.8, 4) is 5.75 Å². The number of carbonyl (C=O) groups excluding carboxylic acids is 2. The van der Waals surface area contributed by atoms with Gasteiger partial charge >= 0.3 is 0 Å². The van der Waals surface area contributed by atoms with E-state index in [2.05, 4.69) is 22.4 Å². The van der Waals surface area contributed by atoms with Crippen LogP contribution in [-0.2, 0) is 11.2 Å². The molecule has 3 unspecified atom stereocenters. The van der Waals surface area contributed by atoms with Crippen LogP contribution in [0.3, 0.4) is 0 Å². The Labute approximate surface area is 248 Å². The maximum absolute atomic E-state index is 13.7. The summed E-state index contributed by atoms with van der Waals surface area (Å²) < 4.78 is 6.29. The first-order chi connectivity index (χ1) is 20.3. The van der Waals surface area contributed by atoms with Gasteiger partial charge in [0.25, 0.3) is 5.91 Å². The van der Waals surface area contributed by atoms with E-state index in [4.69, 9.17) is 15.5 Å². The highest BCUT2D eigenvalue weighted by atomic mass is 16.5. The minimum atomic E-state index is -0.553. The number of nitrogens with one attached hydrogen (secondary N) is 1. The van der Waals surface area contributed by atoms with Gasteiger partial charge in [0.1, 0.15) is 11.4 Å². The number of guanidine groups is 1. The third-order valence-electron chi connectivity index (χ3n) is 8.05. The van der Waals surface area contributed by atoms with Gasteiger partial charge in [0.2, 0.25) is 5.91 Å². The Morgan fingerprint density at radius 1 is 1.02 bits per heavy atom. The van der Waals surface area contributed by atoms with Crippen LogP contribution in [0, 0.1) is 0 Å². The SMILES string of the molecule is CC.CC1(C)CC2NC(=O)c3cccc(c3)C(c3cccnc3)N3C(=O)CC(CCCCc4ccc(c2c4)O1)N=C3N. The van der Waals surface area contributed by atoms with Crippen LogP contribution >= 0.6 is 0 Å². The lowest BCUT2D eigenvalue weighted by Gasteiger charge is -2.38. The number of fused-ring (bicyclic) bond motifs is 5. The molecule has 42 heavy (non-hydrogen) atoms. The first-order valence-corrected chi connectivity index (χ1v) is 15.1. The third kappa shape index (κ3) is 6.17. The van der Waals surface area contributed by atoms with Crippen molar-refractivity contribution >= 4 is 17.8 Å². The van der Waals surface area contributed by atoms with E-state index in [1.807, 2.05) is 64.1 Å². The lowest BCUT2D eigenvalue weighted by atomic mass is 9.88. The van der Waals surface area contributed by atoms with Crippen molar-refractivity contribution in [2.75, 3.05) is 0 Å². The number of aromatic nitrogens is 1. The second-order valence-corrected chi connectivity index (χ2v) is 11.6. The summed E-state index contributed by atoms with van der Waals surface area (Å²) in [4.78, 5) is 37.9. The molecule has 8 heteroatoms. The first-order valence-electron chi connectivity index (χ1n) is 15.1. The van der Waals surface area contributed by atoms with Crippen LogP contribution < -0.4 is 15.8 Å². The van der Waals surface area contributed by atoms with Gasteiger partial charge in [-0.2, -0.15) is 0 Å². The van der Waals surface area contributed by atoms with Crippen molar-refractivity contribution in [1.82, 2.24) is 15.2 Å². The van der Waals surface area contributed by atoms with Crippen LogP contribution in [0.25, 0.3) is 0 Å². The molecule has 3 aromatic rings. The maximum Gasteiger partial charge on any atom is 0.251 e. The molecular weight excluding hydrogens is 526 g/mol. The molecule has 4 aliphatic heterocycles. The Hall–Kier alpha value is -4.20. The number of aliphatic imine (C=N–C) groups is 1. The largest absolute Gasteiger partial charge is 0.487 e. The van der Waals surface area contributed by atoms with E-state index in [1.165, 1.54) is 5.56 Å². The van der Waals surface area contributed by atoms with E-state index in [0.717, 1.165) is 48.1 Å². The van der Waals surface area contributed by atoms with Gasteiger partial charge in [0.15, 0.2) is 5.96 Å². The van der Waals surface area contributed by atoms with Crippen LogP contribution in [0.1, 0.15) is 104 Å². The Balaban J connectivity index is 0.00000173. The molecule has 2 aromatic carbocycles. The van der Waals surface area contributed by atoms with Crippen molar-refractivity contribution in [2.45, 2.75) is 89.9 Å². The maximum atomic E-state index is 13.7. The molecule has 5 heterocycles. The van der Waals surface area contributed by atoms with Gasteiger partial charge in [-0.15, -0.1) is 0 Å². The Morgan fingerprint density at radius 3 is 2.60 bits per heavy atom. The van der Waals surface area contributed by atoms with Crippen molar-refractivity contribution in [2.24, 2.45) is 10.7 Å². The molecule has 3 atom stereocenters. The zero-order valence-electron chi connectivity index (χ0n) is 25.0. The number of amides is 2. The number of rotatable bonds is 1. The summed E-state index contributed by atoms with van der Waals surface area (Å²) in [6.07, 6.45) is 7.98. The van der Waals surface area contributed by atoms with Crippen LogP contribution in [0.4, 0.5) is 0 Å². The monoisotopic (exact) mass is 567 g/mol. The number of benzene rings is 2. The quantitative estimate of drug-likeness (QED) is 0.382. The van der Waals surface area contributed by atoms with E-state index in [9.17, 15) is 9.59 Å². The molecule has 4 aliphatic rings. The number of aryl methyl sites for hydroxylation is 1. The highest BCUT2D eigenvalue weighted by Crippen LogP contribution is 2.40. The Morgan fingerprint density at radius 2 is 1.83 bits per heavy atom. The molecule has 0 fully saturated rings. The van der Waals surface area contributed by atoms with Gasteiger partial charge in [0.05, 0.1) is 18.1 Å². The van der Waals surface area contributed by atoms with Gasteiger partial charge < -0.3 is 15.8 Å². The molecule has 0 saturated carbocycles. The van der Waals surface area contributed by atoms with Crippen LogP contribution in [0.15, 0.2) is 72.0 Å². The number of pyridine rings is 1. The standard InChI is InChI=1S/C32H35N5O3.C2H6/c1-32(2)18-26-25-15-20(12-13-27(25)40-32)7-3-4-11-24-17-28(38)37(31(33)35-24)29(23-10-6-14-34-19-23)21-8-5-9-22(16-21)30(39)36-26;1-2/h5-6,8-10,12-16,19,24,26,29H,3-4,7,11,17-18H2,1-2H3,(H2,33,35)(H,36,39);1-2H3. The summed E-state index contributed by atoms with van der Waals surface area (Å²) in [6, 6.07) is 16.6. The molecule has 2 amide bonds. The van der Waals surface area contributed by atoms with Crippen LogP contribution in [-0.4, -0.2) is 39.3 Å². The smallest absolute Gasteiger partial charge is 0.251 e. The van der Waals surface area contributed by atoms with Gasteiger partial charge in [0, 0.05) is 36.4 Å². The number of hydrogen-bond acceptors (Lipinski definition) is 6. The fraction of sp³-hybridized carbons (Fsp3) is 0.412. The zero-order valence-corrected chi connectivity index (χ0v) is 25.0. The average Bonchev–Trinajstić information content (AvgIpc) is 2.98. The summed E-state index contributed by atoms with van der Waals surface area (Å²) in [7, 11) is 0. The first kappa shape index (κ1) is 29.3. The predicted octanol–water partition coefficient (Wildman–Crippen LogP) is 5.87. The lowest BCUT2D eigenvalue weighted by Crippen LogP contribution is -2.49. The summed E-state index contributed by atoms with van der Waals surface area (Å²) in [5.41, 5.74) is 10.4. The van der Waals surface area contributed by atoms with E-state index in [-0.39, 0.29) is 29.9 Å². The van der Waals surface area contributed by atoms with E-state index >= 15 is 0 Å². The molecule has 6 bridgehead atoms. The summed E-state index contributed by atoms with van der Waals surface area (Å²) >= 11 is 0. The van der Waals surface area contributed by atoms with Crippen LogP contribution in [0.5, 0.6) is 5.75 Å². The molecule has 7 rings (SSSR count). The molecule has 3 N–H and O–H groups in total. The van der Waals surface area contributed by atoms with Gasteiger partial charge in [-0.1, -0.05) is 50.6 Å². The molecule has 1 aromatic heterocycles.